The van der Waals surface area contributed by atoms with Crippen molar-refractivity contribution in [3.8, 4) is 0 Å². The minimum absolute atomic E-state index is 0.958. The van der Waals surface area contributed by atoms with Gasteiger partial charge < -0.3 is 0 Å². The van der Waals surface area contributed by atoms with Crippen LogP contribution in [0.4, 0.5) is 0 Å². The lowest BCUT2D eigenvalue weighted by Gasteiger charge is -2.41. The molecule has 2 aliphatic rings. The predicted molar refractivity (Wildman–Crippen MR) is 54.8 cm³/mol. The zero-order chi connectivity index (χ0) is 7.68. The normalized spacial score (nSPS) is 30.3. The maximum Gasteiger partial charge on any atom is 0.0209 e. The summed E-state index contributed by atoms with van der Waals surface area (Å²) in [6, 6.07) is 0.958. The number of halogens is 1. The molecule has 3 heteroatoms. The highest BCUT2D eigenvalue weighted by Crippen LogP contribution is 2.25. The van der Waals surface area contributed by atoms with Gasteiger partial charge in [0.05, 0.1) is 0 Å². The molecule has 0 atom stereocenters. The molecule has 0 unspecified atom stereocenters. The minimum atomic E-state index is 0.958. The molecular formula is C8H15IN2. The first kappa shape index (κ1) is 8.26. The average molecular weight is 266 g/mol. The molecule has 64 valence electrons. The molecule has 0 spiro atoms. The van der Waals surface area contributed by atoms with Crippen molar-refractivity contribution < 1.29 is 0 Å². The van der Waals surface area contributed by atoms with Crippen LogP contribution < -0.4 is 0 Å². The molecule has 2 nitrogen and oxygen atoms in total. The van der Waals surface area contributed by atoms with Crippen molar-refractivity contribution in [2.75, 3.05) is 26.2 Å². The van der Waals surface area contributed by atoms with E-state index < -0.39 is 0 Å². The van der Waals surface area contributed by atoms with Gasteiger partial charge in [0.15, 0.2) is 0 Å². The van der Waals surface area contributed by atoms with Gasteiger partial charge in [-0.3, -0.25) is 4.90 Å². The summed E-state index contributed by atoms with van der Waals surface area (Å²) in [5.41, 5.74) is 0. The third kappa shape index (κ3) is 1.87. The first-order valence-corrected chi connectivity index (χ1v) is 5.47. The van der Waals surface area contributed by atoms with Crippen LogP contribution in [0.2, 0.25) is 0 Å². The fourth-order valence-corrected chi connectivity index (χ4v) is 2.25. The standard InChI is InChI=1S/C8H15IN2/c9-11-6-4-10(5-7-11)8-2-1-3-8/h8H,1-7H2. The summed E-state index contributed by atoms with van der Waals surface area (Å²) in [5, 5.41) is 0. The van der Waals surface area contributed by atoms with Gasteiger partial charge in [-0.1, -0.05) is 6.42 Å². The zero-order valence-corrected chi connectivity index (χ0v) is 8.96. The van der Waals surface area contributed by atoms with Gasteiger partial charge in [-0.05, 0) is 12.8 Å². The van der Waals surface area contributed by atoms with E-state index in [0.29, 0.717) is 0 Å². The monoisotopic (exact) mass is 266 g/mol. The Morgan fingerprint density at radius 3 is 2.09 bits per heavy atom. The van der Waals surface area contributed by atoms with E-state index in [0.717, 1.165) is 6.04 Å². The Kier molecular flexibility index (Phi) is 2.69. The van der Waals surface area contributed by atoms with Gasteiger partial charge in [0.1, 0.15) is 0 Å². The summed E-state index contributed by atoms with van der Waals surface area (Å²) < 4.78 is 2.40. The second-order valence-electron chi connectivity index (χ2n) is 3.53. The third-order valence-corrected chi connectivity index (χ3v) is 3.82. The summed E-state index contributed by atoms with van der Waals surface area (Å²) in [6.07, 6.45) is 4.39. The first-order valence-electron chi connectivity index (χ1n) is 4.51. The van der Waals surface area contributed by atoms with Crippen LogP contribution in [0.3, 0.4) is 0 Å². The highest BCUT2D eigenvalue weighted by Gasteiger charge is 2.26. The second kappa shape index (κ2) is 3.58. The van der Waals surface area contributed by atoms with Crippen LogP contribution in [0.15, 0.2) is 0 Å². The van der Waals surface area contributed by atoms with E-state index in [2.05, 4.69) is 30.9 Å². The van der Waals surface area contributed by atoms with Crippen molar-refractivity contribution in [3.63, 3.8) is 0 Å². The lowest BCUT2D eigenvalue weighted by atomic mass is 9.91. The molecule has 0 N–H and O–H groups in total. The number of rotatable bonds is 1. The fraction of sp³-hybridized carbons (Fsp3) is 1.00. The molecule has 2 rings (SSSR count). The third-order valence-electron chi connectivity index (χ3n) is 2.85. The Hall–Kier alpha value is 0.650. The minimum Gasteiger partial charge on any atom is -0.298 e. The van der Waals surface area contributed by atoms with Crippen LogP contribution >= 0.6 is 22.9 Å². The van der Waals surface area contributed by atoms with Crippen LogP contribution in [-0.2, 0) is 0 Å². The van der Waals surface area contributed by atoms with Gasteiger partial charge in [0.25, 0.3) is 0 Å². The van der Waals surface area contributed by atoms with Crippen LogP contribution in [0.25, 0.3) is 0 Å². The Morgan fingerprint density at radius 2 is 1.64 bits per heavy atom. The molecule has 1 saturated heterocycles. The molecule has 1 aliphatic carbocycles. The Bertz CT molecular complexity index is 128. The Labute approximate surface area is 82.4 Å². The van der Waals surface area contributed by atoms with Crippen molar-refractivity contribution in [3.05, 3.63) is 0 Å². The predicted octanol–water partition coefficient (Wildman–Crippen LogP) is 1.51. The van der Waals surface area contributed by atoms with Crippen LogP contribution in [0, 0.1) is 0 Å². The van der Waals surface area contributed by atoms with E-state index >= 15 is 0 Å². The highest BCUT2D eigenvalue weighted by atomic mass is 127. The lowest BCUT2D eigenvalue weighted by Crippen LogP contribution is -2.49. The maximum atomic E-state index is 2.67. The van der Waals surface area contributed by atoms with Crippen LogP contribution in [0.1, 0.15) is 19.3 Å². The van der Waals surface area contributed by atoms with Gasteiger partial charge in [-0.25, -0.2) is 3.11 Å². The molecule has 11 heavy (non-hydrogen) atoms. The highest BCUT2D eigenvalue weighted by molar-refractivity contribution is 14.1. The molecular weight excluding hydrogens is 251 g/mol. The summed E-state index contributed by atoms with van der Waals surface area (Å²) in [6.45, 7) is 5.12. The number of hydrogen-bond acceptors (Lipinski definition) is 2. The van der Waals surface area contributed by atoms with E-state index in [1.165, 1.54) is 45.4 Å². The van der Waals surface area contributed by atoms with E-state index in [1.54, 1.807) is 0 Å². The first-order chi connectivity index (χ1) is 5.36. The molecule has 0 amide bonds. The largest absolute Gasteiger partial charge is 0.298 e. The van der Waals surface area contributed by atoms with Crippen molar-refractivity contribution >= 4 is 22.9 Å². The molecule has 2 fully saturated rings. The van der Waals surface area contributed by atoms with E-state index in [9.17, 15) is 0 Å². The molecule has 0 aromatic rings. The van der Waals surface area contributed by atoms with Crippen LogP contribution in [0.5, 0.6) is 0 Å². The molecule has 0 aromatic heterocycles. The Morgan fingerprint density at radius 1 is 1.00 bits per heavy atom. The van der Waals surface area contributed by atoms with Crippen molar-refractivity contribution in [2.24, 2.45) is 0 Å². The van der Waals surface area contributed by atoms with Crippen LogP contribution in [-0.4, -0.2) is 40.2 Å². The molecule has 0 aromatic carbocycles. The average Bonchev–Trinajstić information content (AvgIpc) is 1.90. The molecule has 1 aliphatic heterocycles. The summed E-state index contributed by atoms with van der Waals surface area (Å²) >= 11 is 2.43. The summed E-state index contributed by atoms with van der Waals surface area (Å²) in [7, 11) is 0. The van der Waals surface area contributed by atoms with E-state index in [-0.39, 0.29) is 0 Å². The van der Waals surface area contributed by atoms with Gasteiger partial charge in [-0.15, -0.1) is 0 Å². The number of hydrogen-bond donors (Lipinski definition) is 0. The Balaban J connectivity index is 1.77. The van der Waals surface area contributed by atoms with Crippen molar-refractivity contribution in [2.45, 2.75) is 25.3 Å². The van der Waals surface area contributed by atoms with Crippen molar-refractivity contribution in [1.29, 1.82) is 0 Å². The van der Waals surface area contributed by atoms with Crippen molar-refractivity contribution in [1.82, 2.24) is 8.01 Å². The smallest absolute Gasteiger partial charge is 0.0209 e. The molecule has 1 saturated carbocycles. The summed E-state index contributed by atoms with van der Waals surface area (Å²) in [5.74, 6) is 0. The molecule has 0 radical (unpaired) electrons. The molecule has 1 heterocycles. The van der Waals surface area contributed by atoms with Gasteiger partial charge in [0.2, 0.25) is 0 Å². The zero-order valence-electron chi connectivity index (χ0n) is 6.80. The van der Waals surface area contributed by atoms with E-state index in [1.807, 2.05) is 0 Å². The SMILES string of the molecule is IN1CCN(C2CCC2)CC1. The van der Waals surface area contributed by atoms with Gasteiger partial charge in [-0.2, -0.15) is 0 Å². The second-order valence-corrected chi connectivity index (χ2v) is 4.90. The quantitative estimate of drug-likeness (QED) is 0.524. The number of piperazine rings is 1. The fourth-order valence-electron chi connectivity index (χ4n) is 1.81. The number of nitrogens with zero attached hydrogens (tertiary/aromatic N) is 2. The molecule has 0 bridgehead atoms. The summed E-state index contributed by atoms with van der Waals surface area (Å²) in [4.78, 5) is 2.67. The van der Waals surface area contributed by atoms with Gasteiger partial charge in [0, 0.05) is 55.1 Å². The lowest BCUT2D eigenvalue weighted by molar-refractivity contribution is 0.0962. The maximum absolute atomic E-state index is 2.67. The van der Waals surface area contributed by atoms with E-state index in [4.69, 9.17) is 0 Å². The van der Waals surface area contributed by atoms with Gasteiger partial charge >= 0.3 is 0 Å². The topological polar surface area (TPSA) is 6.48 Å².